The van der Waals surface area contributed by atoms with E-state index in [0.29, 0.717) is 5.39 Å². The minimum absolute atomic E-state index is 0.179. The van der Waals surface area contributed by atoms with Gasteiger partial charge in [-0.2, -0.15) is 0 Å². The fourth-order valence-corrected chi connectivity index (χ4v) is 3.79. The summed E-state index contributed by atoms with van der Waals surface area (Å²) in [5.41, 5.74) is 1.50. The van der Waals surface area contributed by atoms with Crippen molar-refractivity contribution in [2.75, 3.05) is 6.54 Å². The molecule has 0 amide bonds. The standard InChI is InChI=1S/C16H14N2O4S/c19-18(20)9-8-12-11-17-16-7-6-14(10-15(12)16)23(21,22)13-4-2-1-3-5-13/h1-7,10-11,17H,8-9H2. The number of benzene rings is 2. The van der Waals surface area contributed by atoms with Gasteiger partial charge >= 0.3 is 0 Å². The first-order valence-electron chi connectivity index (χ1n) is 7.00. The van der Waals surface area contributed by atoms with Gasteiger partial charge in [0.15, 0.2) is 0 Å². The zero-order valence-electron chi connectivity index (χ0n) is 12.1. The summed E-state index contributed by atoms with van der Waals surface area (Å²) < 4.78 is 25.3. The summed E-state index contributed by atoms with van der Waals surface area (Å²) >= 11 is 0. The van der Waals surface area contributed by atoms with Crippen LogP contribution in [0.3, 0.4) is 0 Å². The van der Waals surface area contributed by atoms with Gasteiger partial charge in [-0.05, 0) is 35.9 Å². The first-order chi connectivity index (χ1) is 11.0. The fraction of sp³-hybridized carbons (Fsp3) is 0.125. The van der Waals surface area contributed by atoms with E-state index in [2.05, 4.69) is 4.98 Å². The highest BCUT2D eigenvalue weighted by Crippen LogP contribution is 2.26. The average molecular weight is 330 g/mol. The second-order valence-corrected chi connectivity index (χ2v) is 7.09. The number of hydrogen-bond acceptors (Lipinski definition) is 4. The van der Waals surface area contributed by atoms with E-state index in [9.17, 15) is 18.5 Å². The van der Waals surface area contributed by atoms with Gasteiger partial charge in [-0.25, -0.2) is 8.42 Å². The van der Waals surface area contributed by atoms with Crippen molar-refractivity contribution in [1.29, 1.82) is 0 Å². The van der Waals surface area contributed by atoms with Crippen LogP contribution in [0.25, 0.3) is 10.9 Å². The molecule has 0 atom stereocenters. The topological polar surface area (TPSA) is 93.1 Å². The molecule has 0 fully saturated rings. The van der Waals surface area contributed by atoms with Crippen LogP contribution in [0.15, 0.2) is 64.5 Å². The molecule has 0 bridgehead atoms. The number of nitrogens with one attached hydrogen (secondary N) is 1. The highest BCUT2D eigenvalue weighted by Gasteiger charge is 2.18. The number of fused-ring (bicyclic) bond motifs is 1. The molecule has 1 aromatic heterocycles. The van der Waals surface area contributed by atoms with Crippen LogP contribution in [0.4, 0.5) is 0 Å². The Hall–Kier alpha value is -2.67. The van der Waals surface area contributed by atoms with E-state index in [-0.39, 0.29) is 27.7 Å². The Labute approximate surface area is 132 Å². The molecule has 0 unspecified atom stereocenters. The zero-order chi connectivity index (χ0) is 16.4. The van der Waals surface area contributed by atoms with Gasteiger partial charge < -0.3 is 4.98 Å². The van der Waals surface area contributed by atoms with Gasteiger partial charge in [0.05, 0.1) is 9.79 Å². The highest BCUT2D eigenvalue weighted by molar-refractivity contribution is 7.91. The molecule has 23 heavy (non-hydrogen) atoms. The van der Waals surface area contributed by atoms with Crippen molar-refractivity contribution in [1.82, 2.24) is 4.98 Å². The number of H-pyrrole nitrogens is 1. The van der Waals surface area contributed by atoms with Gasteiger partial charge in [0, 0.05) is 28.4 Å². The van der Waals surface area contributed by atoms with Crippen molar-refractivity contribution < 1.29 is 13.3 Å². The molecule has 3 aromatic rings. The second kappa shape index (κ2) is 5.85. The molecule has 6 nitrogen and oxygen atoms in total. The van der Waals surface area contributed by atoms with E-state index in [1.807, 2.05) is 0 Å². The quantitative estimate of drug-likeness (QED) is 0.575. The normalized spacial score (nSPS) is 11.7. The molecule has 0 saturated heterocycles. The lowest BCUT2D eigenvalue weighted by Gasteiger charge is -2.05. The smallest absolute Gasteiger partial charge is 0.207 e. The molecule has 2 aromatic carbocycles. The van der Waals surface area contributed by atoms with E-state index in [1.54, 1.807) is 54.7 Å². The summed E-state index contributed by atoms with van der Waals surface area (Å²) in [4.78, 5) is 13.6. The molecular formula is C16H14N2O4S. The lowest BCUT2D eigenvalue weighted by molar-refractivity contribution is -0.479. The molecule has 0 saturated carbocycles. The largest absolute Gasteiger partial charge is 0.361 e. The Balaban J connectivity index is 2.06. The van der Waals surface area contributed by atoms with Crippen LogP contribution in [0.2, 0.25) is 0 Å². The first-order valence-corrected chi connectivity index (χ1v) is 8.49. The van der Waals surface area contributed by atoms with E-state index in [4.69, 9.17) is 0 Å². The Morgan fingerprint density at radius 1 is 1.04 bits per heavy atom. The maximum Gasteiger partial charge on any atom is 0.207 e. The van der Waals surface area contributed by atoms with Gasteiger partial charge in [-0.3, -0.25) is 10.1 Å². The van der Waals surface area contributed by atoms with Crippen LogP contribution in [0, 0.1) is 10.1 Å². The maximum absolute atomic E-state index is 12.7. The minimum atomic E-state index is -3.60. The van der Waals surface area contributed by atoms with Crippen molar-refractivity contribution in [2.24, 2.45) is 0 Å². The number of aromatic nitrogens is 1. The lowest BCUT2D eigenvalue weighted by Crippen LogP contribution is -2.04. The summed E-state index contributed by atoms with van der Waals surface area (Å²) in [5, 5.41) is 11.2. The molecule has 0 spiro atoms. The number of aromatic amines is 1. The first kappa shape index (κ1) is 15.2. The second-order valence-electron chi connectivity index (χ2n) is 5.14. The Kier molecular flexibility index (Phi) is 3.87. The van der Waals surface area contributed by atoms with Crippen molar-refractivity contribution in [3.63, 3.8) is 0 Å². The fourth-order valence-electron chi connectivity index (χ4n) is 2.48. The van der Waals surface area contributed by atoms with Crippen LogP contribution in [-0.2, 0) is 16.3 Å². The van der Waals surface area contributed by atoms with Crippen LogP contribution < -0.4 is 0 Å². The van der Waals surface area contributed by atoms with Crippen LogP contribution in [-0.4, -0.2) is 24.9 Å². The van der Waals surface area contributed by atoms with Gasteiger partial charge in [-0.15, -0.1) is 0 Å². The van der Waals surface area contributed by atoms with Crippen molar-refractivity contribution in [3.8, 4) is 0 Å². The van der Waals surface area contributed by atoms with E-state index >= 15 is 0 Å². The molecule has 0 aliphatic rings. The Morgan fingerprint density at radius 3 is 2.48 bits per heavy atom. The lowest BCUT2D eigenvalue weighted by atomic mass is 10.1. The van der Waals surface area contributed by atoms with Crippen molar-refractivity contribution in [2.45, 2.75) is 16.2 Å². The van der Waals surface area contributed by atoms with Crippen molar-refractivity contribution >= 4 is 20.7 Å². The van der Waals surface area contributed by atoms with Gasteiger partial charge in [0.2, 0.25) is 16.4 Å². The molecule has 3 rings (SSSR count). The summed E-state index contributed by atoms with van der Waals surface area (Å²) in [6.07, 6.45) is 1.94. The van der Waals surface area contributed by atoms with Crippen LogP contribution in [0.5, 0.6) is 0 Å². The minimum Gasteiger partial charge on any atom is -0.361 e. The third-order valence-electron chi connectivity index (χ3n) is 3.67. The third kappa shape index (κ3) is 2.95. The predicted octanol–water partition coefficient (Wildman–Crippen LogP) is 2.82. The van der Waals surface area contributed by atoms with E-state index in [1.165, 1.54) is 0 Å². The summed E-state index contributed by atoms with van der Waals surface area (Å²) in [7, 11) is -3.60. The molecule has 0 aliphatic carbocycles. The monoisotopic (exact) mass is 330 g/mol. The number of nitro groups is 1. The van der Waals surface area contributed by atoms with Gasteiger partial charge in [-0.1, -0.05) is 18.2 Å². The third-order valence-corrected chi connectivity index (χ3v) is 5.43. The van der Waals surface area contributed by atoms with Crippen LogP contribution in [0.1, 0.15) is 5.56 Å². The molecule has 7 heteroatoms. The number of nitrogens with zero attached hydrogens (tertiary/aromatic N) is 1. The summed E-state index contributed by atoms with van der Waals surface area (Å²) in [6, 6.07) is 13.0. The maximum atomic E-state index is 12.7. The molecule has 1 N–H and O–H groups in total. The summed E-state index contributed by atoms with van der Waals surface area (Å²) in [6.45, 7) is -0.192. The molecular weight excluding hydrogens is 316 g/mol. The average Bonchev–Trinajstić information content (AvgIpc) is 2.96. The van der Waals surface area contributed by atoms with E-state index in [0.717, 1.165) is 11.1 Å². The SMILES string of the molecule is O=[N+]([O-])CCc1c[nH]c2ccc(S(=O)(=O)c3ccccc3)cc12. The Morgan fingerprint density at radius 2 is 1.78 bits per heavy atom. The summed E-state index contributed by atoms with van der Waals surface area (Å²) in [5.74, 6) is 0. The number of hydrogen-bond donors (Lipinski definition) is 1. The predicted molar refractivity (Wildman–Crippen MR) is 85.8 cm³/mol. The van der Waals surface area contributed by atoms with Gasteiger partial charge in [0.25, 0.3) is 0 Å². The van der Waals surface area contributed by atoms with E-state index < -0.39 is 9.84 Å². The number of rotatable bonds is 5. The molecule has 0 aliphatic heterocycles. The van der Waals surface area contributed by atoms with Crippen molar-refractivity contribution in [3.05, 3.63) is 70.4 Å². The molecule has 0 radical (unpaired) electrons. The van der Waals surface area contributed by atoms with Gasteiger partial charge in [0.1, 0.15) is 0 Å². The molecule has 118 valence electrons. The van der Waals surface area contributed by atoms with Crippen LogP contribution >= 0.6 is 0 Å². The highest BCUT2D eigenvalue weighted by atomic mass is 32.2. The number of sulfone groups is 1. The Bertz CT molecular complexity index is 962. The zero-order valence-corrected chi connectivity index (χ0v) is 12.9. The molecule has 1 heterocycles.